The molecule has 0 spiro atoms. The second kappa shape index (κ2) is 3.65. The van der Waals surface area contributed by atoms with Crippen LogP contribution in [0.15, 0.2) is 30.5 Å². The third-order valence-electron chi connectivity index (χ3n) is 2.27. The fraction of sp³-hybridized carbons (Fsp3) is 0.182. The molecule has 15 heavy (non-hydrogen) atoms. The minimum absolute atomic E-state index is 0.404. The molecule has 0 fully saturated rings. The van der Waals surface area contributed by atoms with Crippen LogP contribution in [0.3, 0.4) is 0 Å². The molecule has 0 saturated heterocycles. The largest absolute Gasteiger partial charge is 0.497 e. The van der Waals surface area contributed by atoms with Crippen molar-refractivity contribution in [3.63, 3.8) is 0 Å². The Morgan fingerprint density at radius 2 is 2.07 bits per heavy atom. The maximum absolute atomic E-state index is 11.4. The minimum atomic E-state index is -0.404. The van der Waals surface area contributed by atoms with Gasteiger partial charge in [0, 0.05) is 17.6 Å². The first-order chi connectivity index (χ1) is 7.26. The van der Waals surface area contributed by atoms with E-state index in [1.54, 1.807) is 19.4 Å². The van der Waals surface area contributed by atoms with Gasteiger partial charge in [0.05, 0.1) is 19.7 Å². The maximum atomic E-state index is 11.4. The van der Waals surface area contributed by atoms with E-state index in [9.17, 15) is 4.79 Å². The summed E-state index contributed by atoms with van der Waals surface area (Å²) in [6.45, 7) is 0. The Balaban J connectivity index is 2.61. The van der Waals surface area contributed by atoms with Crippen LogP contribution in [0.5, 0.6) is 5.75 Å². The molecule has 2 aromatic rings. The Morgan fingerprint density at radius 1 is 1.27 bits per heavy atom. The second-order valence-electron chi connectivity index (χ2n) is 3.08. The number of carbonyl (C=O) groups excluding carboxylic acids is 1. The first-order valence-electron chi connectivity index (χ1n) is 4.49. The van der Waals surface area contributed by atoms with Gasteiger partial charge in [0.25, 0.3) is 0 Å². The summed E-state index contributed by atoms with van der Waals surface area (Å²) in [5.41, 5.74) is 0.779. The molecule has 0 amide bonds. The Morgan fingerprint density at radius 3 is 2.73 bits per heavy atom. The first kappa shape index (κ1) is 9.58. The lowest BCUT2D eigenvalue weighted by Gasteiger charge is -2.03. The predicted molar refractivity (Wildman–Crippen MR) is 56.3 cm³/mol. The van der Waals surface area contributed by atoms with Gasteiger partial charge in [-0.2, -0.15) is 0 Å². The topological polar surface area (TPSA) is 40.5 Å². The highest BCUT2D eigenvalue weighted by atomic mass is 16.5. The number of methoxy groups -OCH3 is 2. The predicted octanol–water partition coefficient (Wildman–Crippen LogP) is 2.26. The molecule has 0 aliphatic rings. The molecule has 0 N–H and O–H groups in total. The minimum Gasteiger partial charge on any atom is -0.497 e. The van der Waals surface area contributed by atoms with E-state index in [-0.39, 0.29) is 0 Å². The molecule has 78 valence electrons. The van der Waals surface area contributed by atoms with Gasteiger partial charge >= 0.3 is 6.09 Å². The van der Waals surface area contributed by atoms with Gasteiger partial charge in [-0.3, -0.25) is 4.57 Å². The highest BCUT2D eigenvalue weighted by Gasteiger charge is 2.08. The molecule has 4 nitrogen and oxygen atoms in total. The van der Waals surface area contributed by atoms with E-state index in [0.717, 1.165) is 10.9 Å². The molecule has 0 unspecified atom stereocenters. The SMILES string of the molecule is COC(=O)n1ccc2ccc(OC)cc21. The van der Waals surface area contributed by atoms with E-state index in [1.165, 1.54) is 11.7 Å². The fourth-order valence-corrected chi connectivity index (χ4v) is 1.49. The number of aromatic nitrogens is 1. The molecule has 4 heteroatoms. The molecule has 0 aliphatic carbocycles. The van der Waals surface area contributed by atoms with Crippen molar-refractivity contribution in [2.24, 2.45) is 0 Å². The summed E-state index contributed by atoms with van der Waals surface area (Å²) in [4.78, 5) is 11.4. The molecular formula is C11H11NO3. The zero-order valence-electron chi connectivity index (χ0n) is 8.56. The average molecular weight is 205 g/mol. The molecule has 0 bridgehead atoms. The Hall–Kier alpha value is -1.97. The van der Waals surface area contributed by atoms with Crippen LogP contribution in [0.1, 0.15) is 0 Å². The van der Waals surface area contributed by atoms with Gasteiger partial charge in [0.15, 0.2) is 0 Å². The molecule has 0 saturated carbocycles. The quantitative estimate of drug-likeness (QED) is 0.717. The van der Waals surface area contributed by atoms with E-state index in [1.807, 2.05) is 18.2 Å². The van der Waals surface area contributed by atoms with Crippen molar-refractivity contribution in [2.45, 2.75) is 0 Å². The van der Waals surface area contributed by atoms with Crippen LogP contribution in [0.4, 0.5) is 4.79 Å². The van der Waals surface area contributed by atoms with E-state index in [0.29, 0.717) is 5.75 Å². The average Bonchev–Trinajstić information content (AvgIpc) is 2.70. The highest BCUT2D eigenvalue weighted by molar-refractivity contribution is 5.90. The van der Waals surface area contributed by atoms with Crippen molar-refractivity contribution in [3.8, 4) is 5.75 Å². The second-order valence-corrected chi connectivity index (χ2v) is 3.08. The summed E-state index contributed by atoms with van der Waals surface area (Å²) in [7, 11) is 2.95. The molecule has 0 aliphatic heterocycles. The van der Waals surface area contributed by atoms with Gasteiger partial charge < -0.3 is 9.47 Å². The van der Waals surface area contributed by atoms with Crippen LogP contribution in [-0.4, -0.2) is 24.9 Å². The van der Waals surface area contributed by atoms with Crippen molar-refractivity contribution in [3.05, 3.63) is 30.5 Å². The van der Waals surface area contributed by atoms with E-state index in [2.05, 4.69) is 4.74 Å². The van der Waals surface area contributed by atoms with E-state index in [4.69, 9.17) is 4.74 Å². The van der Waals surface area contributed by atoms with Crippen LogP contribution >= 0.6 is 0 Å². The van der Waals surface area contributed by atoms with Gasteiger partial charge in [0.1, 0.15) is 5.75 Å². The molecule has 0 atom stereocenters. The highest BCUT2D eigenvalue weighted by Crippen LogP contribution is 2.21. The van der Waals surface area contributed by atoms with Crippen LogP contribution in [0.25, 0.3) is 10.9 Å². The van der Waals surface area contributed by atoms with Crippen LogP contribution in [0, 0.1) is 0 Å². The van der Waals surface area contributed by atoms with E-state index >= 15 is 0 Å². The van der Waals surface area contributed by atoms with E-state index < -0.39 is 6.09 Å². The number of rotatable bonds is 1. The molecule has 2 rings (SSSR count). The molecule has 1 aromatic heterocycles. The van der Waals surface area contributed by atoms with Crippen molar-refractivity contribution in [2.75, 3.05) is 14.2 Å². The van der Waals surface area contributed by atoms with Crippen molar-refractivity contribution in [1.29, 1.82) is 0 Å². The van der Waals surface area contributed by atoms with Crippen LogP contribution in [-0.2, 0) is 4.74 Å². The maximum Gasteiger partial charge on any atom is 0.418 e. The summed E-state index contributed by atoms with van der Waals surface area (Å²) >= 11 is 0. The number of hydrogen-bond acceptors (Lipinski definition) is 3. The number of nitrogens with zero attached hydrogens (tertiary/aromatic N) is 1. The lowest BCUT2D eigenvalue weighted by atomic mass is 10.2. The van der Waals surface area contributed by atoms with Crippen LogP contribution in [0.2, 0.25) is 0 Å². The number of fused-ring (bicyclic) bond motifs is 1. The number of carbonyl (C=O) groups is 1. The third-order valence-corrected chi connectivity index (χ3v) is 2.27. The van der Waals surface area contributed by atoms with Gasteiger partial charge in [0.2, 0.25) is 0 Å². The summed E-state index contributed by atoms with van der Waals surface area (Å²) < 4.78 is 11.2. The van der Waals surface area contributed by atoms with Crippen molar-refractivity contribution < 1.29 is 14.3 Å². The standard InChI is InChI=1S/C11H11NO3/c1-14-9-4-3-8-5-6-12(10(8)7-9)11(13)15-2/h3-7H,1-2H3. The molecule has 1 heterocycles. The number of ether oxygens (including phenoxy) is 2. The summed E-state index contributed by atoms with van der Waals surface area (Å²) in [6, 6.07) is 7.40. The fourth-order valence-electron chi connectivity index (χ4n) is 1.49. The Labute approximate surface area is 87.0 Å². The smallest absolute Gasteiger partial charge is 0.418 e. The molecule has 1 aromatic carbocycles. The Kier molecular flexibility index (Phi) is 2.33. The van der Waals surface area contributed by atoms with Gasteiger partial charge in [-0.05, 0) is 18.2 Å². The lowest BCUT2D eigenvalue weighted by molar-refractivity contribution is 0.174. The normalized spacial score (nSPS) is 10.3. The summed E-state index contributed by atoms with van der Waals surface area (Å²) in [5, 5.41) is 0.973. The Bertz CT molecular complexity index is 502. The number of benzene rings is 1. The molecular weight excluding hydrogens is 194 g/mol. The zero-order chi connectivity index (χ0) is 10.8. The van der Waals surface area contributed by atoms with Gasteiger partial charge in [-0.15, -0.1) is 0 Å². The summed E-state index contributed by atoms with van der Waals surface area (Å²) in [6.07, 6.45) is 1.27. The van der Waals surface area contributed by atoms with Crippen molar-refractivity contribution in [1.82, 2.24) is 4.57 Å². The third kappa shape index (κ3) is 1.54. The zero-order valence-corrected chi connectivity index (χ0v) is 8.56. The van der Waals surface area contributed by atoms with Crippen LogP contribution < -0.4 is 4.74 Å². The molecule has 0 radical (unpaired) electrons. The number of hydrogen-bond donors (Lipinski definition) is 0. The van der Waals surface area contributed by atoms with Gasteiger partial charge in [-0.1, -0.05) is 0 Å². The monoisotopic (exact) mass is 205 g/mol. The first-order valence-corrected chi connectivity index (χ1v) is 4.49. The summed E-state index contributed by atoms with van der Waals surface area (Å²) in [5.74, 6) is 0.714. The lowest BCUT2D eigenvalue weighted by Crippen LogP contribution is -2.09. The van der Waals surface area contributed by atoms with Crippen molar-refractivity contribution >= 4 is 17.0 Å². The van der Waals surface area contributed by atoms with Gasteiger partial charge in [-0.25, -0.2) is 4.79 Å².